The van der Waals surface area contributed by atoms with E-state index in [0.29, 0.717) is 5.69 Å². The molecule has 3 aromatic rings. The second-order valence-electron chi connectivity index (χ2n) is 5.27. The summed E-state index contributed by atoms with van der Waals surface area (Å²) in [6.45, 7) is 1.45. The molecule has 0 bridgehead atoms. The van der Waals surface area contributed by atoms with E-state index in [1.165, 1.54) is 42.2 Å². The van der Waals surface area contributed by atoms with Crippen LogP contribution in [0.15, 0.2) is 60.8 Å². The van der Waals surface area contributed by atoms with Gasteiger partial charge in [0, 0.05) is 5.56 Å². The lowest BCUT2D eigenvalue weighted by molar-refractivity contribution is 0.0312. The van der Waals surface area contributed by atoms with Crippen LogP contribution in [0, 0.1) is 5.82 Å². The fourth-order valence-electron chi connectivity index (χ4n) is 2.17. The number of ether oxygens (including phenoxy) is 1. The maximum Gasteiger partial charge on any atom is 0.361 e. The second-order valence-corrected chi connectivity index (χ2v) is 5.27. The molecule has 0 fully saturated rings. The van der Waals surface area contributed by atoms with E-state index >= 15 is 0 Å². The van der Waals surface area contributed by atoms with E-state index in [1.54, 1.807) is 12.1 Å². The first kappa shape index (κ1) is 16.5. The summed E-state index contributed by atoms with van der Waals surface area (Å²) in [6.07, 6.45) is 0.240. The number of carbonyl (C=O) groups is 2. The lowest BCUT2D eigenvalue weighted by Gasteiger charge is -2.11. The van der Waals surface area contributed by atoms with Crippen LogP contribution in [0.25, 0.3) is 5.69 Å². The highest BCUT2D eigenvalue weighted by atomic mass is 19.1. The molecule has 0 aliphatic rings. The van der Waals surface area contributed by atoms with Crippen molar-refractivity contribution in [2.24, 2.45) is 0 Å². The Morgan fingerprint density at radius 2 is 1.76 bits per heavy atom. The van der Waals surface area contributed by atoms with E-state index in [-0.39, 0.29) is 11.3 Å². The number of aromatic nitrogens is 3. The van der Waals surface area contributed by atoms with Crippen LogP contribution >= 0.6 is 0 Å². The maximum atomic E-state index is 12.9. The molecule has 0 aliphatic heterocycles. The van der Waals surface area contributed by atoms with Crippen molar-refractivity contribution in [3.63, 3.8) is 0 Å². The van der Waals surface area contributed by atoms with Crippen LogP contribution in [0.4, 0.5) is 4.39 Å². The third-order valence-corrected chi connectivity index (χ3v) is 3.47. The number of rotatable bonds is 5. The number of nitrogens with zero attached hydrogens (tertiary/aromatic N) is 3. The smallest absolute Gasteiger partial charge is 0.361 e. The largest absolute Gasteiger partial charge is 0.449 e. The number of hydrogen-bond acceptors (Lipinski definition) is 5. The van der Waals surface area contributed by atoms with Gasteiger partial charge >= 0.3 is 5.97 Å². The molecular formula is C18H14FN3O3. The number of hydrogen-bond donors (Lipinski definition) is 0. The average molecular weight is 339 g/mol. The van der Waals surface area contributed by atoms with Gasteiger partial charge in [-0.15, -0.1) is 5.10 Å². The highest BCUT2D eigenvalue weighted by molar-refractivity contribution is 6.01. The van der Waals surface area contributed by atoms with Crippen LogP contribution in [0.2, 0.25) is 0 Å². The summed E-state index contributed by atoms with van der Waals surface area (Å²) in [7, 11) is 0. The number of carbonyl (C=O) groups excluding carboxylic acids is 2. The first-order valence-corrected chi connectivity index (χ1v) is 7.53. The van der Waals surface area contributed by atoms with Crippen LogP contribution in [0.3, 0.4) is 0 Å². The zero-order valence-electron chi connectivity index (χ0n) is 13.3. The van der Waals surface area contributed by atoms with Crippen molar-refractivity contribution in [1.82, 2.24) is 15.0 Å². The Labute approximate surface area is 142 Å². The molecule has 0 radical (unpaired) electrons. The average Bonchev–Trinajstić information content (AvgIpc) is 3.13. The molecule has 0 unspecified atom stereocenters. The summed E-state index contributed by atoms with van der Waals surface area (Å²) in [5.74, 6) is -1.63. The Kier molecular flexibility index (Phi) is 4.65. The van der Waals surface area contributed by atoms with Crippen molar-refractivity contribution in [3.8, 4) is 5.69 Å². The predicted molar refractivity (Wildman–Crippen MR) is 87.0 cm³/mol. The lowest BCUT2D eigenvalue weighted by atomic mass is 10.1. The first-order chi connectivity index (χ1) is 12.0. The molecule has 0 saturated heterocycles. The molecule has 0 spiro atoms. The van der Waals surface area contributed by atoms with Crippen molar-refractivity contribution >= 4 is 11.8 Å². The van der Waals surface area contributed by atoms with Crippen molar-refractivity contribution in [3.05, 3.63) is 77.9 Å². The number of para-hydroxylation sites is 1. The van der Waals surface area contributed by atoms with Gasteiger partial charge in [0.25, 0.3) is 0 Å². The predicted octanol–water partition coefficient (Wildman–Crippen LogP) is 2.83. The minimum atomic E-state index is -1.03. The summed E-state index contributed by atoms with van der Waals surface area (Å²) in [4.78, 5) is 25.6. The van der Waals surface area contributed by atoms with Crippen molar-refractivity contribution in [2.75, 3.05) is 0 Å². The summed E-state index contributed by atoms with van der Waals surface area (Å²) in [5, 5.41) is 8.05. The molecule has 1 heterocycles. The zero-order chi connectivity index (χ0) is 17.8. The fourth-order valence-corrected chi connectivity index (χ4v) is 2.17. The normalized spacial score (nSPS) is 11.8. The molecule has 6 nitrogen and oxygen atoms in total. The minimum Gasteiger partial charge on any atom is -0.449 e. The van der Waals surface area contributed by atoms with Gasteiger partial charge in [-0.1, -0.05) is 18.2 Å². The molecule has 0 N–H and O–H groups in total. The van der Waals surface area contributed by atoms with Crippen LogP contribution in [0.5, 0.6) is 0 Å². The lowest BCUT2D eigenvalue weighted by Crippen LogP contribution is -2.24. The number of halogens is 1. The third-order valence-electron chi connectivity index (χ3n) is 3.47. The van der Waals surface area contributed by atoms with Gasteiger partial charge < -0.3 is 4.74 Å². The monoisotopic (exact) mass is 339 g/mol. The highest BCUT2D eigenvalue weighted by Gasteiger charge is 2.22. The molecule has 3 rings (SSSR count). The SMILES string of the molecule is C[C@H](OC(=O)c1cnn(-c2ccccc2)n1)C(=O)c1ccc(F)cc1. The van der Waals surface area contributed by atoms with Gasteiger partial charge in [-0.05, 0) is 43.3 Å². The van der Waals surface area contributed by atoms with Crippen molar-refractivity contribution in [1.29, 1.82) is 0 Å². The number of ketones is 1. The van der Waals surface area contributed by atoms with Gasteiger partial charge in [-0.2, -0.15) is 9.90 Å². The van der Waals surface area contributed by atoms with Gasteiger partial charge in [0.2, 0.25) is 5.78 Å². The Morgan fingerprint density at radius 3 is 2.44 bits per heavy atom. The molecule has 0 saturated carbocycles. The summed E-state index contributed by atoms with van der Waals surface area (Å²) < 4.78 is 18.0. The molecule has 25 heavy (non-hydrogen) atoms. The molecule has 126 valence electrons. The molecule has 2 aromatic carbocycles. The molecule has 0 amide bonds. The van der Waals surface area contributed by atoms with Crippen molar-refractivity contribution in [2.45, 2.75) is 13.0 Å². The Balaban J connectivity index is 1.68. The summed E-state index contributed by atoms with van der Waals surface area (Å²) in [5.41, 5.74) is 0.939. The number of Topliss-reactive ketones (excluding diaryl/α,β-unsaturated/α-hetero) is 1. The van der Waals surface area contributed by atoms with E-state index in [1.807, 2.05) is 18.2 Å². The highest BCUT2D eigenvalue weighted by Crippen LogP contribution is 2.10. The third kappa shape index (κ3) is 3.77. The van der Waals surface area contributed by atoms with Crippen molar-refractivity contribution < 1.29 is 18.7 Å². The van der Waals surface area contributed by atoms with Crippen LogP contribution in [0.1, 0.15) is 27.8 Å². The Bertz CT molecular complexity index is 891. The molecule has 1 atom stereocenters. The van der Waals surface area contributed by atoms with E-state index in [9.17, 15) is 14.0 Å². The molecule has 0 aliphatic carbocycles. The van der Waals surface area contributed by atoms with E-state index < -0.39 is 23.7 Å². The van der Waals surface area contributed by atoms with Crippen LogP contribution in [-0.2, 0) is 4.74 Å². The Morgan fingerprint density at radius 1 is 1.08 bits per heavy atom. The van der Waals surface area contributed by atoms with Crippen LogP contribution < -0.4 is 0 Å². The summed E-state index contributed by atoms with van der Waals surface area (Å²) >= 11 is 0. The van der Waals surface area contributed by atoms with Gasteiger partial charge in [0.05, 0.1) is 11.9 Å². The molecular weight excluding hydrogens is 325 g/mol. The quantitative estimate of drug-likeness (QED) is 0.528. The minimum absolute atomic E-state index is 0.0115. The number of benzene rings is 2. The zero-order valence-corrected chi connectivity index (χ0v) is 13.3. The fraction of sp³-hybridized carbons (Fsp3) is 0.111. The topological polar surface area (TPSA) is 74.1 Å². The van der Waals surface area contributed by atoms with E-state index in [4.69, 9.17) is 4.74 Å². The van der Waals surface area contributed by atoms with E-state index in [0.717, 1.165) is 0 Å². The maximum absolute atomic E-state index is 12.9. The van der Waals surface area contributed by atoms with Gasteiger partial charge in [-0.25, -0.2) is 9.18 Å². The van der Waals surface area contributed by atoms with Crippen LogP contribution in [-0.4, -0.2) is 32.9 Å². The second kappa shape index (κ2) is 7.04. The summed E-state index contributed by atoms with van der Waals surface area (Å²) in [6, 6.07) is 14.1. The molecule has 7 heteroatoms. The number of esters is 1. The Hall–Kier alpha value is -3.35. The molecule has 1 aromatic heterocycles. The van der Waals surface area contributed by atoms with Gasteiger partial charge in [0.1, 0.15) is 5.82 Å². The standard InChI is InChI=1S/C18H14FN3O3/c1-12(17(23)13-7-9-14(19)10-8-13)25-18(24)16-11-20-22(21-16)15-5-3-2-4-6-15/h2-12H,1H3/t12-/m0/s1. The van der Waals surface area contributed by atoms with E-state index in [2.05, 4.69) is 10.2 Å². The van der Waals surface area contributed by atoms with Gasteiger partial charge in [0.15, 0.2) is 11.8 Å². The van der Waals surface area contributed by atoms with Gasteiger partial charge in [-0.3, -0.25) is 4.79 Å². The first-order valence-electron chi connectivity index (χ1n) is 7.53.